The van der Waals surface area contributed by atoms with Gasteiger partial charge in [0.25, 0.3) is 0 Å². The molecule has 2 nitrogen and oxygen atoms in total. The predicted molar refractivity (Wildman–Crippen MR) is 76.5 cm³/mol. The van der Waals surface area contributed by atoms with E-state index in [0.717, 1.165) is 17.9 Å². The fraction of sp³-hybridized carbons (Fsp3) is 1.00. The lowest BCUT2D eigenvalue weighted by Gasteiger charge is -2.36. The molecule has 4 atom stereocenters. The van der Waals surface area contributed by atoms with Crippen LogP contribution in [0.25, 0.3) is 0 Å². The lowest BCUT2D eigenvalue weighted by molar-refractivity contribution is 0.177. The first kappa shape index (κ1) is 12.9. The van der Waals surface area contributed by atoms with Gasteiger partial charge in [0, 0.05) is 12.6 Å². The van der Waals surface area contributed by atoms with E-state index in [9.17, 15) is 0 Å². The van der Waals surface area contributed by atoms with Gasteiger partial charge in [0.05, 0.1) is 6.17 Å². The van der Waals surface area contributed by atoms with Crippen LogP contribution in [-0.4, -0.2) is 18.8 Å². The lowest BCUT2D eigenvalue weighted by atomic mass is 9.73. The van der Waals surface area contributed by atoms with Crippen molar-refractivity contribution < 1.29 is 0 Å². The Balaban J connectivity index is 1.65. The third-order valence-corrected chi connectivity index (χ3v) is 5.55. The standard InChI is InChI=1S/C16H30N2/c1-2-4-8-13-9-6-7-10-14(13)15-12-17-16(18-15)11-5-3-1/h13-18H,1-12H2. The number of fused-ring (bicyclic) bond motifs is 4. The fourth-order valence-electron chi connectivity index (χ4n) is 4.52. The SMILES string of the molecule is C1CCCC2NCC(N2)C2CCCCC2CCC1. The minimum Gasteiger partial charge on any atom is -0.300 e. The van der Waals surface area contributed by atoms with E-state index in [0.29, 0.717) is 6.17 Å². The Morgan fingerprint density at radius 2 is 1.33 bits per heavy atom. The van der Waals surface area contributed by atoms with E-state index in [-0.39, 0.29) is 0 Å². The monoisotopic (exact) mass is 250 g/mol. The molecule has 0 spiro atoms. The molecule has 2 N–H and O–H groups in total. The molecule has 0 radical (unpaired) electrons. The van der Waals surface area contributed by atoms with Crippen molar-refractivity contribution in [2.75, 3.05) is 6.54 Å². The second-order valence-electron chi connectivity index (χ2n) is 6.79. The van der Waals surface area contributed by atoms with E-state index in [1.54, 1.807) is 0 Å². The smallest absolute Gasteiger partial charge is 0.0574 e. The highest BCUT2D eigenvalue weighted by Gasteiger charge is 2.35. The molecule has 104 valence electrons. The second kappa shape index (κ2) is 6.38. The Bertz CT molecular complexity index is 251. The van der Waals surface area contributed by atoms with Gasteiger partial charge in [-0.1, -0.05) is 57.8 Å². The first-order valence-corrected chi connectivity index (χ1v) is 8.43. The van der Waals surface area contributed by atoms with E-state index in [4.69, 9.17) is 0 Å². The molecule has 3 rings (SSSR count). The summed E-state index contributed by atoms with van der Waals surface area (Å²) in [5, 5.41) is 7.61. The highest BCUT2D eigenvalue weighted by Crippen LogP contribution is 2.37. The van der Waals surface area contributed by atoms with Crippen LogP contribution < -0.4 is 10.6 Å². The normalized spacial score (nSPS) is 42.7. The molecule has 0 amide bonds. The molecule has 0 aromatic rings. The second-order valence-corrected chi connectivity index (χ2v) is 6.79. The summed E-state index contributed by atoms with van der Waals surface area (Å²) in [6.45, 7) is 1.23. The maximum Gasteiger partial charge on any atom is 0.0574 e. The van der Waals surface area contributed by atoms with Gasteiger partial charge in [-0.2, -0.15) is 0 Å². The van der Waals surface area contributed by atoms with Gasteiger partial charge < -0.3 is 5.32 Å². The van der Waals surface area contributed by atoms with Gasteiger partial charge in [-0.05, 0) is 24.7 Å². The molecule has 18 heavy (non-hydrogen) atoms. The molecule has 4 unspecified atom stereocenters. The minimum absolute atomic E-state index is 0.622. The zero-order chi connectivity index (χ0) is 12.2. The van der Waals surface area contributed by atoms with Crippen LogP contribution in [-0.2, 0) is 0 Å². The predicted octanol–water partition coefficient (Wildman–Crippen LogP) is 3.42. The van der Waals surface area contributed by atoms with E-state index in [1.807, 2.05) is 0 Å². The molecule has 0 aromatic heterocycles. The molecule has 3 aliphatic rings. The summed E-state index contributed by atoms with van der Waals surface area (Å²) in [5.74, 6) is 1.99. The van der Waals surface area contributed by atoms with Gasteiger partial charge in [-0.25, -0.2) is 0 Å². The molecule has 3 fully saturated rings. The third-order valence-electron chi connectivity index (χ3n) is 5.55. The Kier molecular flexibility index (Phi) is 4.58. The molecule has 0 aromatic carbocycles. The average molecular weight is 250 g/mol. The van der Waals surface area contributed by atoms with Gasteiger partial charge in [0.15, 0.2) is 0 Å². The van der Waals surface area contributed by atoms with Gasteiger partial charge in [0.1, 0.15) is 0 Å². The Morgan fingerprint density at radius 3 is 2.22 bits per heavy atom. The molecule has 1 saturated carbocycles. The summed E-state index contributed by atoms with van der Waals surface area (Å²) < 4.78 is 0. The first-order valence-electron chi connectivity index (χ1n) is 8.43. The minimum atomic E-state index is 0.622. The van der Waals surface area contributed by atoms with Gasteiger partial charge >= 0.3 is 0 Å². The maximum atomic E-state index is 3.90. The van der Waals surface area contributed by atoms with Crippen molar-refractivity contribution in [2.24, 2.45) is 11.8 Å². The van der Waals surface area contributed by atoms with Crippen LogP contribution in [0.4, 0.5) is 0 Å². The summed E-state index contributed by atoms with van der Waals surface area (Å²) >= 11 is 0. The van der Waals surface area contributed by atoms with Crippen molar-refractivity contribution >= 4 is 0 Å². The fourth-order valence-corrected chi connectivity index (χ4v) is 4.52. The molecular formula is C16H30N2. The van der Waals surface area contributed by atoms with Crippen molar-refractivity contribution in [1.29, 1.82) is 0 Å². The lowest BCUT2D eigenvalue weighted by Crippen LogP contribution is -2.41. The molecule has 2 heteroatoms. The zero-order valence-electron chi connectivity index (χ0n) is 11.8. The van der Waals surface area contributed by atoms with Crippen LogP contribution in [0.2, 0.25) is 0 Å². The highest BCUT2D eigenvalue weighted by molar-refractivity contribution is 4.92. The Hall–Kier alpha value is -0.0800. The van der Waals surface area contributed by atoms with Crippen LogP contribution >= 0.6 is 0 Å². The molecule has 2 aliphatic heterocycles. The molecule has 2 bridgehead atoms. The van der Waals surface area contributed by atoms with Crippen LogP contribution in [0, 0.1) is 11.8 Å². The van der Waals surface area contributed by atoms with Crippen molar-refractivity contribution in [2.45, 2.75) is 82.8 Å². The largest absolute Gasteiger partial charge is 0.300 e. The topological polar surface area (TPSA) is 24.1 Å². The van der Waals surface area contributed by atoms with Gasteiger partial charge in [-0.3, -0.25) is 5.32 Å². The Labute approximate surface area is 112 Å². The quantitative estimate of drug-likeness (QED) is 0.688. The van der Waals surface area contributed by atoms with Gasteiger partial charge in [0.2, 0.25) is 0 Å². The third kappa shape index (κ3) is 3.08. The number of nitrogens with one attached hydrogen (secondary N) is 2. The van der Waals surface area contributed by atoms with Crippen LogP contribution in [0.1, 0.15) is 70.6 Å². The summed E-state index contributed by atoms with van der Waals surface area (Å²) in [5.41, 5.74) is 0. The maximum absolute atomic E-state index is 3.90. The van der Waals surface area contributed by atoms with E-state index in [2.05, 4.69) is 10.6 Å². The summed E-state index contributed by atoms with van der Waals surface area (Å²) in [7, 11) is 0. The van der Waals surface area contributed by atoms with Gasteiger partial charge in [-0.15, -0.1) is 0 Å². The van der Waals surface area contributed by atoms with Crippen LogP contribution in [0.3, 0.4) is 0 Å². The summed E-state index contributed by atoms with van der Waals surface area (Å²) in [4.78, 5) is 0. The highest BCUT2D eigenvalue weighted by atomic mass is 15.2. The number of rotatable bonds is 0. The Morgan fingerprint density at radius 1 is 0.667 bits per heavy atom. The van der Waals surface area contributed by atoms with Crippen molar-refractivity contribution in [3.63, 3.8) is 0 Å². The van der Waals surface area contributed by atoms with E-state index in [1.165, 1.54) is 77.2 Å². The molecule has 2 heterocycles. The summed E-state index contributed by atoms with van der Waals surface area (Å²) in [6.07, 6.45) is 16.7. The zero-order valence-corrected chi connectivity index (χ0v) is 11.8. The number of hydrogen-bond acceptors (Lipinski definition) is 2. The first-order chi connectivity index (χ1) is 8.93. The van der Waals surface area contributed by atoms with Crippen molar-refractivity contribution in [3.05, 3.63) is 0 Å². The molecular weight excluding hydrogens is 220 g/mol. The van der Waals surface area contributed by atoms with Crippen molar-refractivity contribution in [1.82, 2.24) is 10.6 Å². The molecule has 1 aliphatic carbocycles. The molecule has 2 saturated heterocycles. The van der Waals surface area contributed by atoms with Crippen LogP contribution in [0.5, 0.6) is 0 Å². The number of hydrogen-bond donors (Lipinski definition) is 2. The van der Waals surface area contributed by atoms with Crippen molar-refractivity contribution in [3.8, 4) is 0 Å². The van der Waals surface area contributed by atoms with E-state index >= 15 is 0 Å². The van der Waals surface area contributed by atoms with E-state index < -0.39 is 0 Å². The average Bonchev–Trinajstić information content (AvgIpc) is 2.85. The van der Waals surface area contributed by atoms with Crippen LogP contribution in [0.15, 0.2) is 0 Å². The summed E-state index contributed by atoms with van der Waals surface area (Å²) in [6, 6.07) is 0.778.